The predicted octanol–water partition coefficient (Wildman–Crippen LogP) is 4.40. The van der Waals surface area contributed by atoms with E-state index < -0.39 is 0 Å². The van der Waals surface area contributed by atoms with Crippen LogP contribution in [0.4, 0.5) is 0 Å². The molecule has 158 valence electrons. The van der Waals surface area contributed by atoms with Crippen molar-refractivity contribution in [3.63, 3.8) is 0 Å². The zero-order chi connectivity index (χ0) is 20.4. The van der Waals surface area contributed by atoms with Crippen LogP contribution in [0.1, 0.15) is 54.2 Å². The van der Waals surface area contributed by atoms with E-state index in [9.17, 15) is 4.79 Å². The van der Waals surface area contributed by atoms with E-state index in [1.807, 2.05) is 38.1 Å². The molecule has 2 aromatic carbocycles. The van der Waals surface area contributed by atoms with Crippen molar-refractivity contribution in [3.05, 3.63) is 70.8 Å². The molecule has 0 saturated carbocycles. The van der Waals surface area contributed by atoms with E-state index in [-0.39, 0.29) is 35.9 Å². The number of rotatable bonds is 8. The molecule has 1 atom stereocenters. The molecule has 0 bridgehead atoms. The maximum atomic E-state index is 12.2. The van der Waals surface area contributed by atoms with Gasteiger partial charge in [-0.2, -0.15) is 0 Å². The molecule has 0 spiro atoms. The van der Waals surface area contributed by atoms with Crippen LogP contribution in [0.25, 0.3) is 0 Å². The Bertz CT molecular complexity index is 772. The Morgan fingerprint density at radius 1 is 0.966 bits per heavy atom. The number of carbonyl (C=O) groups is 1. The highest BCUT2D eigenvalue weighted by atomic mass is 127. The van der Waals surface area contributed by atoms with E-state index in [2.05, 4.69) is 59.1 Å². The summed E-state index contributed by atoms with van der Waals surface area (Å²) >= 11 is 0. The Labute approximate surface area is 191 Å². The Kier molecular flexibility index (Phi) is 11.3. The summed E-state index contributed by atoms with van der Waals surface area (Å²) in [6, 6.07) is 16.3. The highest BCUT2D eigenvalue weighted by Gasteiger charge is 2.08. The van der Waals surface area contributed by atoms with E-state index in [1.54, 1.807) is 0 Å². The maximum Gasteiger partial charge on any atom is 0.251 e. The van der Waals surface area contributed by atoms with Gasteiger partial charge in [-0.3, -0.25) is 4.79 Å². The molecule has 0 saturated heterocycles. The second kappa shape index (κ2) is 13.2. The highest BCUT2D eigenvalue weighted by molar-refractivity contribution is 14.0. The maximum absolute atomic E-state index is 12.2. The van der Waals surface area contributed by atoms with E-state index in [0.29, 0.717) is 12.1 Å². The topological polar surface area (TPSA) is 65.5 Å². The first-order valence-corrected chi connectivity index (χ1v) is 9.99. The molecule has 0 heterocycles. The summed E-state index contributed by atoms with van der Waals surface area (Å²) in [5.74, 6) is 0.749. The molecule has 0 aromatic heterocycles. The largest absolute Gasteiger partial charge is 0.357 e. The van der Waals surface area contributed by atoms with E-state index in [0.717, 1.165) is 31.0 Å². The lowest BCUT2D eigenvalue weighted by Crippen LogP contribution is -2.36. The molecule has 3 N–H and O–H groups in total. The Morgan fingerprint density at radius 2 is 1.59 bits per heavy atom. The molecule has 1 unspecified atom stereocenters. The number of nitrogens with zero attached hydrogens (tertiary/aromatic N) is 1. The quantitative estimate of drug-likeness (QED) is 0.282. The minimum atomic E-state index is -0.0301. The molecule has 0 radical (unpaired) electrons. The van der Waals surface area contributed by atoms with Gasteiger partial charge >= 0.3 is 0 Å². The summed E-state index contributed by atoms with van der Waals surface area (Å²) in [4.78, 5) is 16.8. The van der Waals surface area contributed by atoms with Gasteiger partial charge in [0.05, 0.1) is 6.54 Å². The smallest absolute Gasteiger partial charge is 0.251 e. The first-order valence-electron chi connectivity index (χ1n) is 9.99. The lowest BCUT2D eigenvalue weighted by atomic mass is 10.1. The van der Waals surface area contributed by atoms with Crippen LogP contribution in [0.3, 0.4) is 0 Å². The lowest BCUT2D eigenvalue weighted by molar-refractivity contribution is 0.0939. The number of hydrogen-bond acceptors (Lipinski definition) is 2. The average Bonchev–Trinajstić information content (AvgIpc) is 2.71. The third-order valence-electron chi connectivity index (χ3n) is 4.55. The standard InChI is InChI=1S/C23H32N4O.HI/c1-5-18(4)27-22(28)21-13-11-20(12-14-21)16-26-23(24-6-2)25-15-19-9-7-17(3)8-10-19;/h7-14,18H,5-6,15-16H2,1-4H3,(H,27,28)(H2,24,25,26);1H. The SMILES string of the molecule is CCNC(=NCc1ccc(C(=O)NC(C)CC)cc1)NCc1ccc(C)cc1.I. The number of aryl methyl sites for hydroxylation is 1. The van der Waals surface area contributed by atoms with Gasteiger partial charge in [-0.05, 0) is 50.5 Å². The third-order valence-corrected chi connectivity index (χ3v) is 4.55. The number of hydrogen-bond donors (Lipinski definition) is 3. The van der Waals surface area contributed by atoms with Crippen LogP contribution in [0.15, 0.2) is 53.5 Å². The summed E-state index contributed by atoms with van der Waals surface area (Å²) in [5.41, 5.74) is 4.21. The molecule has 0 aliphatic rings. The molecular formula is C23H33IN4O. The number of nitrogens with one attached hydrogen (secondary N) is 3. The van der Waals surface area contributed by atoms with Crippen LogP contribution in [0, 0.1) is 6.92 Å². The van der Waals surface area contributed by atoms with Gasteiger partial charge in [0.1, 0.15) is 0 Å². The van der Waals surface area contributed by atoms with Crippen molar-refractivity contribution >= 4 is 35.8 Å². The van der Waals surface area contributed by atoms with Crippen molar-refractivity contribution in [2.24, 2.45) is 4.99 Å². The summed E-state index contributed by atoms with van der Waals surface area (Å²) < 4.78 is 0. The number of guanidine groups is 1. The van der Waals surface area contributed by atoms with Gasteiger partial charge in [0, 0.05) is 24.7 Å². The van der Waals surface area contributed by atoms with E-state index in [4.69, 9.17) is 0 Å². The Balaban J connectivity index is 0.00000420. The van der Waals surface area contributed by atoms with Crippen molar-refractivity contribution in [2.45, 2.75) is 53.2 Å². The van der Waals surface area contributed by atoms with Crippen molar-refractivity contribution in [1.82, 2.24) is 16.0 Å². The van der Waals surface area contributed by atoms with Crippen LogP contribution >= 0.6 is 24.0 Å². The normalized spacial score (nSPS) is 11.9. The van der Waals surface area contributed by atoms with Crippen molar-refractivity contribution in [1.29, 1.82) is 0 Å². The first-order chi connectivity index (χ1) is 13.5. The summed E-state index contributed by atoms with van der Waals surface area (Å²) in [7, 11) is 0. The fourth-order valence-electron chi connectivity index (χ4n) is 2.57. The molecule has 2 aromatic rings. The number of halogens is 1. The van der Waals surface area contributed by atoms with Crippen molar-refractivity contribution in [3.8, 4) is 0 Å². The molecule has 0 aliphatic heterocycles. The third kappa shape index (κ3) is 8.85. The van der Waals surface area contributed by atoms with Crippen LogP contribution in [-0.2, 0) is 13.1 Å². The average molecular weight is 508 g/mol. The number of benzene rings is 2. The molecule has 29 heavy (non-hydrogen) atoms. The molecule has 0 fully saturated rings. The van der Waals surface area contributed by atoms with E-state index in [1.165, 1.54) is 11.1 Å². The fourth-order valence-corrected chi connectivity index (χ4v) is 2.57. The number of aliphatic imine (C=N–C) groups is 1. The van der Waals surface area contributed by atoms with Gasteiger partial charge in [-0.1, -0.05) is 48.9 Å². The minimum absolute atomic E-state index is 0. The molecular weight excluding hydrogens is 475 g/mol. The zero-order valence-corrected chi connectivity index (χ0v) is 20.1. The number of carbonyl (C=O) groups excluding carboxylic acids is 1. The molecule has 6 heteroatoms. The van der Waals surface area contributed by atoms with Crippen LogP contribution < -0.4 is 16.0 Å². The van der Waals surface area contributed by atoms with Gasteiger partial charge in [-0.25, -0.2) is 4.99 Å². The Hall–Kier alpha value is -2.09. The highest BCUT2D eigenvalue weighted by Crippen LogP contribution is 2.07. The summed E-state index contributed by atoms with van der Waals surface area (Å²) in [6.45, 7) is 10.3. The molecule has 2 rings (SSSR count). The van der Waals surface area contributed by atoms with Gasteiger partial charge < -0.3 is 16.0 Å². The van der Waals surface area contributed by atoms with Gasteiger partial charge in [0.2, 0.25) is 0 Å². The second-order valence-corrected chi connectivity index (χ2v) is 7.01. The molecule has 0 aliphatic carbocycles. The predicted molar refractivity (Wildman–Crippen MR) is 132 cm³/mol. The minimum Gasteiger partial charge on any atom is -0.357 e. The second-order valence-electron chi connectivity index (χ2n) is 7.01. The number of amides is 1. The van der Waals surface area contributed by atoms with Gasteiger partial charge in [-0.15, -0.1) is 24.0 Å². The van der Waals surface area contributed by atoms with Gasteiger partial charge in [0.25, 0.3) is 5.91 Å². The molecule has 5 nitrogen and oxygen atoms in total. The first kappa shape index (κ1) is 24.9. The monoisotopic (exact) mass is 508 g/mol. The van der Waals surface area contributed by atoms with Gasteiger partial charge in [0.15, 0.2) is 5.96 Å². The van der Waals surface area contributed by atoms with E-state index >= 15 is 0 Å². The molecule has 1 amide bonds. The Morgan fingerprint density at radius 3 is 2.17 bits per heavy atom. The zero-order valence-electron chi connectivity index (χ0n) is 17.8. The fraction of sp³-hybridized carbons (Fsp3) is 0.391. The van der Waals surface area contributed by atoms with Crippen molar-refractivity contribution < 1.29 is 4.79 Å². The van der Waals surface area contributed by atoms with Crippen LogP contribution in [0.5, 0.6) is 0 Å². The summed E-state index contributed by atoms with van der Waals surface area (Å²) in [6.07, 6.45) is 0.918. The van der Waals surface area contributed by atoms with Crippen LogP contribution in [0.2, 0.25) is 0 Å². The lowest BCUT2D eigenvalue weighted by Gasteiger charge is -2.12. The summed E-state index contributed by atoms with van der Waals surface area (Å²) in [5, 5.41) is 9.61. The van der Waals surface area contributed by atoms with Crippen LogP contribution in [-0.4, -0.2) is 24.5 Å². The van der Waals surface area contributed by atoms with Crippen molar-refractivity contribution in [2.75, 3.05) is 6.54 Å².